The summed E-state index contributed by atoms with van der Waals surface area (Å²) in [5.74, 6) is -1.02. The van der Waals surface area contributed by atoms with Crippen molar-refractivity contribution in [1.29, 1.82) is 0 Å². The first kappa shape index (κ1) is 26.0. The predicted molar refractivity (Wildman–Crippen MR) is 106 cm³/mol. The maximum absolute atomic E-state index is 12.7. The van der Waals surface area contributed by atoms with Crippen LogP contribution in [-0.2, 0) is 15.7 Å². The second kappa shape index (κ2) is 11.0. The van der Waals surface area contributed by atoms with Crippen LogP contribution in [0.15, 0.2) is 48.5 Å². The number of hydrogen-bond acceptors (Lipinski definition) is 4. The summed E-state index contributed by atoms with van der Waals surface area (Å²) >= 11 is 0. The van der Waals surface area contributed by atoms with Crippen LogP contribution in [0.4, 0.5) is 32.0 Å². The SMILES string of the molecule is CC(COCC(F)(F)F)NC(=O)c1ccc(OCC(=O)Nc2cccc(C(F)(F)F)c2)cc1. The van der Waals surface area contributed by atoms with Crippen LogP contribution in [0.2, 0.25) is 0 Å². The van der Waals surface area contributed by atoms with Gasteiger partial charge in [0.1, 0.15) is 12.4 Å². The molecule has 0 saturated carbocycles. The standard InChI is InChI=1S/C21H20F6N2O4/c1-13(10-32-12-20(22,23)24)28-19(31)14-5-7-17(8-6-14)33-11-18(30)29-16-4-2-3-15(9-16)21(25,26)27/h2-9,13H,10-12H2,1H3,(H,28,31)(H,29,30). The molecule has 2 amide bonds. The van der Waals surface area contributed by atoms with Gasteiger partial charge in [-0.05, 0) is 49.4 Å². The first-order valence-electron chi connectivity index (χ1n) is 9.49. The molecule has 0 heterocycles. The van der Waals surface area contributed by atoms with Crippen LogP contribution in [0.25, 0.3) is 0 Å². The minimum Gasteiger partial charge on any atom is -0.484 e. The van der Waals surface area contributed by atoms with E-state index in [1.54, 1.807) is 0 Å². The van der Waals surface area contributed by atoms with Gasteiger partial charge >= 0.3 is 12.4 Å². The van der Waals surface area contributed by atoms with Crippen LogP contribution in [0.1, 0.15) is 22.8 Å². The number of ether oxygens (including phenoxy) is 2. The zero-order chi connectivity index (χ0) is 24.6. The number of amides is 2. The number of halogens is 6. The molecule has 0 aliphatic rings. The number of nitrogens with one attached hydrogen (secondary N) is 2. The van der Waals surface area contributed by atoms with E-state index >= 15 is 0 Å². The van der Waals surface area contributed by atoms with Crippen molar-refractivity contribution in [2.45, 2.75) is 25.3 Å². The molecule has 1 atom stereocenters. The van der Waals surface area contributed by atoms with Crippen molar-refractivity contribution >= 4 is 17.5 Å². The molecular weight excluding hydrogens is 458 g/mol. The van der Waals surface area contributed by atoms with Crippen molar-refractivity contribution in [2.24, 2.45) is 0 Å². The molecule has 0 aliphatic carbocycles. The first-order valence-corrected chi connectivity index (χ1v) is 9.49. The Balaban J connectivity index is 1.81. The molecule has 1 unspecified atom stereocenters. The Bertz CT molecular complexity index is 945. The molecule has 6 nitrogen and oxygen atoms in total. The molecule has 0 saturated heterocycles. The quantitative estimate of drug-likeness (QED) is 0.524. The number of rotatable bonds is 9. The Labute approximate surface area is 184 Å². The average Bonchev–Trinajstić information content (AvgIpc) is 2.71. The van der Waals surface area contributed by atoms with E-state index in [1.807, 2.05) is 0 Å². The molecule has 2 aromatic rings. The van der Waals surface area contributed by atoms with Gasteiger partial charge in [0, 0.05) is 17.3 Å². The van der Waals surface area contributed by atoms with Gasteiger partial charge in [0.2, 0.25) is 0 Å². The van der Waals surface area contributed by atoms with E-state index in [-0.39, 0.29) is 23.6 Å². The monoisotopic (exact) mass is 478 g/mol. The largest absolute Gasteiger partial charge is 0.484 e. The highest BCUT2D eigenvalue weighted by molar-refractivity contribution is 5.94. The fourth-order valence-electron chi connectivity index (χ4n) is 2.52. The second-order valence-corrected chi connectivity index (χ2v) is 6.94. The summed E-state index contributed by atoms with van der Waals surface area (Å²) in [4.78, 5) is 24.0. The molecule has 0 aromatic heterocycles. The summed E-state index contributed by atoms with van der Waals surface area (Å²) < 4.78 is 84.1. The van der Waals surface area contributed by atoms with Crippen molar-refractivity contribution in [3.05, 3.63) is 59.7 Å². The summed E-state index contributed by atoms with van der Waals surface area (Å²) in [7, 11) is 0. The third kappa shape index (κ3) is 9.39. The lowest BCUT2D eigenvalue weighted by molar-refractivity contribution is -0.174. The second-order valence-electron chi connectivity index (χ2n) is 6.94. The van der Waals surface area contributed by atoms with Crippen LogP contribution in [0.3, 0.4) is 0 Å². The van der Waals surface area contributed by atoms with Crippen molar-refractivity contribution in [3.63, 3.8) is 0 Å². The number of benzene rings is 2. The fourth-order valence-corrected chi connectivity index (χ4v) is 2.52. The summed E-state index contributed by atoms with van der Waals surface area (Å²) in [5.41, 5.74) is -0.756. The van der Waals surface area contributed by atoms with Gasteiger partial charge < -0.3 is 20.1 Å². The van der Waals surface area contributed by atoms with E-state index in [2.05, 4.69) is 15.4 Å². The fraction of sp³-hybridized carbons (Fsp3) is 0.333. The Hall–Kier alpha value is -3.28. The maximum atomic E-state index is 12.7. The highest BCUT2D eigenvalue weighted by Gasteiger charge is 2.30. The zero-order valence-corrected chi connectivity index (χ0v) is 17.2. The van der Waals surface area contributed by atoms with E-state index in [1.165, 1.54) is 37.3 Å². The lowest BCUT2D eigenvalue weighted by Gasteiger charge is -2.15. The Kier molecular flexibility index (Phi) is 8.69. The van der Waals surface area contributed by atoms with Gasteiger partial charge in [-0.25, -0.2) is 0 Å². The van der Waals surface area contributed by atoms with Crippen molar-refractivity contribution < 1.29 is 45.4 Å². The molecule has 0 fully saturated rings. The normalized spacial score (nSPS) is 12.7. The molecule has 0 aliphatic heterocycles. The van der Waals surface area contributed by atoms with Crippen LogP contribution in [0, 0.1) is 0 Å². The number of anilines is 1. The smallest absolute Gasteiger partial charge is 0.416 e. The van der Waals surface area contributed by atoms with Crippen LogP contribution < -0.4 is 15.4 Å². The highest BCUT2D eigenvalue weighted by atomic mass is 19.4. The van der Waals surface area contributed by atoms with Gasteiger partial charge in [-0.15, -0.1) is 0 Å². The summed E-state index contributed by atoms with van der Waals surface area (Å²) in [6, 6.07) is 8.98. The minimum absolute atomic E-state index is 0.0428. The average molecular weight is 478 g/mol. The third-order valence-electron chi connectivity index (χ3n) is 3.97. The van der Waals surface area contributed by atoms with E-state index in [9.17, 15) is 35.9 Å². The molecule has 180 valence electrons. The molecule has 2 aromatic carbocycles. The Morgan fingerprint density at radius 2 is 1.67 bits per heavy atom. The first-order chi connectivity index (χ1) is 15.3. The van der Waals surface area contributed by atoms with Gasteiger partial charge in [0.25, 0.3) is 11.8 Å². The van der Waals surface area contributed by atoms with Gasteiger partial charge in [-0.3, -0.25) is 9.59 Å². The van der Waals surface area contributed by atoms with Crippen LogP contribution in [0.5, 0.6) is 5.75 Å². The van der Waals surface area contributed by atoms with Crippen LogP contribution >= 0.6 is 0 Å². The van der Waals surface area contributed by atoms with Gasteiger partial charge in [-0.2, -0.15) is 26.3 Å². The van der Waals surface area contributed by atoms with Gasteiger partial charge in [-0.1, -0.05) is 6.07 Å². The Morgan fingerprint density at radius 3 is 2.27 bits per heavy atom. The van der Waals surface area contributed by atoms with Crippen molar-refractivity contribution in [2.75, 3.05) is 25.1 Å². The van der Waals surface area contributed by atoms with E-state index in [0.29, 0.717) is 0 Å². The van der Waals surface area contributed by atoms with E-state index in [0.717, 1.165) is 18.2 Å². The topological polar surface area (TPSA) is 76.7 Å². The predicted octanol–water partition coefficient (Wildman–Crippen LogP) is 4.42. The summed E-state index contributed by atoms with van der Waals surface area (Å²) in [6.07, 6.45) is -9.00. The molecule has 2 N–H and O–H groups in total. The number of hydrogen-bond donors (Lipinski definition) is 2. The molecule has 0 spiro atoms. The lowest BCUT2D eigenvalue weighted by Crippen LogP contribution is -2.36. The molecule has 2 rings (SSSR count). The third-order valence-corrected chi connectivity index (χ3v) is 3.97. The van der Waals surface area contributed by atoms with Crippen molar-refractivity contribution in [1.82, 2.24) is 5.32 Å². The maximum Gasteiger partial charge on any atom is 0.416 e. The lowest BCUT2D eigenvalue weighted by atomic mass is 10.2. The van der Waals surface area contributed by atoms with Gasteiger partial charge in [0.05, 0.1) is 12.2 Å². The van der Waals surface area contributed by atoms with E-state index in [4.69, 9.17) is 4.74 Å². The van der Waals surface area contributed by atoms with Crippen molar-refractivity contribution in [3.8, 4) is 5.75 Å². The molecule has 12 heteroatoms. The summed E-state index contributed by atoms with van der Waals surface area (Å²) in [5, 5.41) is 4.77. The molecule has 0 radical (unpaired) electrons. The number of carbonyl (C=O) groups excluding carboxylic acids is 2. The zero-order valence-electron chi connectivity index (χ0n) is 17.2. The number of alkyl halides is 6. The molecule has 0 bridgehead atoms. The van der Waals surface area contributed by atoms with Gasteiger partial charge in [0.15, 0.2) is 6.61 Å². The molecule has 33 heavy (non-hydrogen) atoms. The minimum atomic E-state index is -4.54. The number of carbonyl (C=O) groups is 2. The Morgan fingerprint density at radius 1 is 1.00 bits per heavy atom. The van der Waals surface area contributed by atoms with E-state index < -0.39 is 49.0 Å². The molecular formula is C21H20F6N2O4. The van der Waals surface area contributed by atoms with Crippen LogP contribution in [-0.4, -0.2) is 43.9 Å². The highest BCUT2D eigenvalue weighted by Crippen LogP contribution is 2.30. The summed E-state index contributed by atoms with van der Waals surface area (Å²) in [6.45, 7) is -0.752.